The molecule has 0 heterocycles. The van der Waals surface area contributed by atoms with E-state index in [2.05, 4.69) is 5.32 Å². The van der Waals surface area contributed by atoms with E-state index >= 15 is 0 Å². The van der Waals surface area contributed by atoms with Crippen molar-refractivity contribution >= 4 is 5.91 Å². The fourth-order valence-corrected chi connectivity index (χ4v) is 0.448. The van der Waals surface area contributed by atoms with Gasteiger partial charge in [-0.3, -0.25) is 4.79 Å². The first-order chi connectivity index (χ1) is 4.54. The summed E-state index contributed by atoms with van der Waals surface area (Å²) in [6.07, 6.45) is -0.443. The molecular formula is C6H14N2O2. The van der Waals surface area contributed by atoms with Gasteiger partial charge >= 0.3 is 0 Å². The summed E-state index contributed by atoms with van der Waals surface area (Å²) in [5.41, 5.74) is 4.94. The third kappa shape index (κ3) is 4.29. The van der Waals surface area contributed by atoms with Crippen molar-refractivity contribution in [2.45, 2.75) is 26.0 Å². The molecule has 60 valence electrons. The number of primary amides is 1. The number of carbonyl (C=O) groups is 1. The molecule has 0 spiro atoms. The zero-order chi connectivity index (χ0) is 8.15. The van der Waals surface area contributed by atoms with E-state index < -0.39 is 12.0 Å². The van der Waals surface area contributed by atoms with E-state index in [1.165, 1.54) is 0 Å². The first kappa shape index (κ1) is 9.39. The standard InChI is InChI=1S/C6H14N2O2/c1-4(9)3-8-5(2)6(7)10/h4-5,8-9H,3H2,1-2H3,(H2,7,10)/t4-,5?/m1/s1. The van der Waals surface area contributed by atoms with Gasteiger partial charge in [0.2, 0.25) is 5.91 Å². The molecule has 1 amide bonds. The molecule has 0 radical (unpaired) electrons. The van der Waals surface area contributed by atoms with E-state index in [1.54, 1.807) is 13.8 Å². The van der Waals surface area contributed by atoms with E-state index in [-0.39, 0.29) is 6.04 Å². The summed E-state index contributed by atoms with van der Waals surface area (Å²) in [6, 6.07) is -0.366. The Balaban J connectivity index is 3.40. The smallest absolute Gasteiger partial charge is 0.234 e. The third-order valence-corrected chi connectivity index (χ3v) is 1.15. The Bertz CT molecular complexity index is 114. The average Bonchev–Trinajstić information content (AvgIpc) is 1.82. The number of hydrogen-bond donors (Lipinski definition) is 3. The van der Waals surface area contributed by atoms with Gasteiger partial charge in [-0.2, -0.15) is 0 Å². The van der Waals surface area contributed by atoms with Gasteiger partial charge in [0.25, 0.3) is 0 Å². The Morgan fingerprint density at radius 3 is 2.50 bits per heavy atom. The SMILES string of the molecule is CC(NC[C@@H](C)O)C(N)=O. The van der Waals surface area contributed by atoms with E-state index in [1.807, 2.05) is 0 Å². The van der Waals surface area contributed by atoms with Crippen LogP contribution in [0.3, 0.4) is 0 Å². The molecule has 0 rings (SSSR count). The Morgan fingerprint density at radius 1 is 1.70 bits per heavy atom. The molecule has 1 unspecified atom stereocenters. The maximum Gasteiger partial charge on any atom is 0.234 e. The molecule has 0 saturated heterocycles. The Hall–Kier alpha value is -0.610. The van der Waals surface area contributed by atoms with Crippen molar-refractivity contribution in [2.75, 3.05) is 6.54 Å². The lowest BCUT2D eigenvalue weighted by molar-refractivity contribution is -0.119. The lowest BCUT2D eigenvalue weighted by atomic mass is 10.3. The third-order valence-electron chi connectivity index (χ3n) is 1.15. The molecule has 0 aromatic heterocycles. The van der Waals surface area contributed by atoms with Crippen molar-refractivity contribution in [2.24, 2.45) is 5.73 Å². The number of rotatable bonds is 4. The molecule has 0 aromatic rings. The van der Waals surface area contributed by atoms with Crippen LogP contribution in [0.1, 0.15) is 13.8 Å². The summed E-state index contributed by atoms with van der Waals surface area (Å²) in [6.45, 7) is 3.69. The van der Waals surface area contributed by atoms with Crippen LogP contribution in [0.15, 0.2) is 0 Å². The van der Waals surface area contributed by atoms with Crippen LogP contribution in [0.5, 0.6) is 0 Å². The van der Waals surface area contributed by atoms with E-state index in [9.17, 15) is 4.79 Å². The van der Waals surface area contributed by atoms with Crippen molar-refractivity contribution in [1.29, 1.82) is 0 Å². The van der Waals surface area contributed by atoms with Gasteiger partial charge in [-0.1, -0.05) is 0 Å². The van der Waals surface area contributed by atoms with Crippen LogP contribution in [0.2, 0.25) is 0 Å². The van der Waals surface area contributed by atoms with E-state index in [0.717, 1.165) is 0 Å². The number of hydrogen-bond acceptors (Lipinski definition) is 3. The van der Waals surface area contributed by atoms with Crippen LogP contribution in [-0.4, -0.2) is 29.7 Å². The zero-order valence-corrected chi connectivity index (χ0v) is 6.29. The Kier molecular flexibility index (Phi) is 3.99. The van der Waals surface area contributed by atoms with Crippen molar-refractivity contribution in [3.63, 3.8) is 0 Å². The largest absolute Gasteiger partial charge is 0.392 e. The predicted octanol–water partition coefficient (Wildman–Crippen LogP) is -1.17. The molecule has 10 heavy (non-hydrogen) atoms. The molecule has 4 N–H and O–H groups in total. The maximum atomic E-state index is 10.4. The number of nitrogens with one attached hydrogen (secondary N) is 1. The average molecular weight is 146 g/mol. The number of nitrogens with two attached hydrogens (primary N) is 1. The maximum absolute atomic E-state index is 10.4. The molecular weight excluding hydrogens is 132 g/mol. The number of amides is 1. The molecule has 2 atom stereocenters. The number of aliphatic hydroxyl groups excluding tert-OH is 1. The fourth-order valence-electron chi connectivity index (χ4n) is 0.448. The monoisotopic (exact) mass is 146 g/mol. The van der Waals surface area contributed by atoms with Crippen LogP contribution in [0.25, 0.3) is 0 Å². The summed E-state index contributed by atoms with van der Waals surface area (Å²) in [7, 11) is 0. The van der Waals surface area contributed by atoms with E-state index in [0.29, 0.717) is 6.54 Å². The normalized spacial score (nSPS) is 16.3. The summed E-state index contributed by atoms with van der Waals surface area (Å²) in [5.74, 6) is -0.402. The summed E-state index contributed by atoms with van der Waals surface area (Å²) >= 11 is 0. The van der Waals surface area contributed by atoms with Crippen LogP contribution in [0, 0.1) is 0 Å². The molecule has 0 aliphatic carbocycles. The quantitative estimate of drug-likeness (QED) is 0.468. The Morgan fingerprint density at radius 2 is 2.20 bits per heavy atom. The second-order valence-corrected chi connectivity index (χ2v) is 2.38. The van der Waals surface area contributed by atoms with Crippen LogP contribution in [0.4, 0.5) is 0 Å². The highest BCUT2D eigenvalue weighted by atomic mass is 16.3. The molecule has 4 heteroatoms. The second kappa shape index (κ2) is 4.24. The highest BCUT2D eigenvalue weighted by molar-refractivity contribution is 5.79. The summed E-state index contributed by atoms with van der Waals surface area (Å²) < 4.78 is 0. The molecule has 0 fully saturated rings. The van der Waals surface area contributed by atoms with Crippen LogP contribution < -0.4 is 11.1 Å². The van der Waals surface area contributed by atoms with Gasteiger partial charge in [-0.15, -0.1) is 0 Å². The Labute approximate surface area is 60.4 Å². The topological polar surface area (TPSA) is 75.3 Å². The molecule has 0 aromatic carbocycles. The lowest BCUT2D eigenvalue weighted by Crippen LogP contribution is -2.41. The van der Waals surface area contributed by atoms with Crippen LogP contribution >= 0.6 is 0 Å². The molecule has 4 nitrogen and oxygen atoms in total. The molecule has 0 saturated carbocycles. The van der Waals surface area contributed by atoms with Gasteiger partial charge in [-0.05, 0) is 13.8 Å². The molecule has 0 aliphatic rings. The zero-order valence-electron chi connectivity index (χ0n) is 6.29. The van der Waals surface area contributed by atoms with Gasteiger partial charge in [0.1, 0.15) is 0 Å². The predicted molar refractivity (Wildman–Crippen MR) is 38.3 cm³/mol. The molecule has 0 aliphatic heterocycles. The second-order valence-electron chi connectivity index (χ2n) is 2.38. The van der Waals surface area contributed by atoms with Crippen molar-refractivity contribution in [1.82, 2.24) is 5.32 Å². The van der Waals surface area contributed by atoms with Crippen molar-refractivity contribution < 1.29 is 9.90 Å². The van der Waals surface area contributed by atoms with Gasteiger partial charge in [0.05, 0.1) is 12.1 Å². The van der Waals surface area contributed by atoms with Crippen molar-refractivity contribution in [3.8, 4) is 0 Å². The van der Waals surface area contributed by atoms with Crippen LogP contribution in [-0.2, 0) is 4.79 Å². The highest BCUT2D eigenvalue weighted by Gasteiger charge is 2.07. The highest BCUT2D eigenvalue weighted by Crippen LogP contribution is 1.80. The van der Waals surface area contributed by atoms with E-state index in [4.69, 9.17) is 10.8 Å². The minimum atomic E-state index is -0.443. The van der Waals surface area contributed by atoms with Crippen molar-refractivity contribution in [3.05, 3.63) is 0 Å². The van der Waals surface area contributed by atoms with Gasteiger partial charge in [0, 0.05) is 6.54 Å². The van der Waals surface area contributed by atoms with Gasteiger partial charge in [-0.25, -0.2) is 0 Å². The molecule has 0 bridgehead atoms. The minimum absolute atomic E-state index is 0.366. The number of carbonyl (C=O) groups excluding carboxylic acids is 1. The number of aliphatic hydroxyl groups is 1. The minimum Gasteiger partial charge on any atom is -0.392 e. The summed E-state index contributed by atoms with van der Waals surface area (Å²) in [4.78, 5) is 10.4. The first-order valence-corrected chi connectivity index (χ1v) is 3.24. The van der Waals surface area contributed by atoms with Gasteiger partial charge in [0.15, 0.2) is 0 Å². The fraction of sp³-hybridized carbons (Fsp3) is 0.833. The first-order valence-electron chi connectivity index (χ1n) is 3.24. The summed E-state index contributed by atoms with van der Waals surface area (Å²) in [5, 5.41) is 11.5. The van der Waals surface area contributed by atoms with Gasteiger partial charge < -0.3 is 16.2 Å². The lowest BCUT2D eigenvalue weighted by Gasteiger charge is -2.10.